The maximum atomic E-state index is 5.82. The Labute approximate surface area is 106 Å². The van der Waals surface area contributed by atoms with Gasteiger partial charge in [-0.3, -0.25) is 0 Å². The number of nitrogens with zero attached hydrogens (tertiary/aromatic N) is 1. The molecule has 2 nitrogen and oxygen atoms in total. The summed E-state index contributed by atoms with van der Waals surface area (Å²) in [5, 5.41) is 0. The van der Waals surface area contributed by atoms with Gasteiger partial charge >= 0.3 is 0 Å². The molecule has 1 aromatic rings. The third kappa shape index (κ3) is 2.77. The Hall–Kier alpha value is -0.540. The zero-order valence-electron chi connectivity index (χ0n) is 9.75. The van der Waals surface area contributed by atoms with Crippen molar-refractivity contribution in [2.24, 2.45) is 5.73 Å². The highest BCUT2D eigenvalue weighted by Crippen LogP contribution is 2.27. The lowest BCUT2D eigenvalue weighted by Crippen LogP contribution is -2.19. The zero-order valence-corrected chi connectivity index (χ0v) is 11.3. The Bertz CT molecular complexity index is 357. The van der Waals surface area contributed by atoms with E-state index in [9.17, 15) is 0 Å². The summed E-state index contributed by atoms with van der Waals surface area (Å²) in [6, 6.07) is 6.85. The first-order chi connectivity index (χ1) is 7.66. The topological polar surface area (TPSA) is 29.3 Å². The van der Waals surface area contributed by atoms with Crippen LogP contribution in [0.25, 0.3) is 0 Å². The van der Waals surface area contributed by atoms with Crippen LogP contribution < -0.4 is 10.6 Å². The van der Waals surface area contributed by atoms with Gasteiger partial charge in [-0.15, -0.1) is 0 Å². The summed E-state index contributed by atoms with van der Waals surface area (Å²) in [5.41, 5.74) is 8.46. The minimum absolute atomic E-state index is 0.217. The number of rotatable bonds is 3. The lowest BCUT2D eigenvalue weighted by atomic mass is 10.1. The molecule has 0 bridgehead atoms. The smallest absolute Gasteiger partial charge is 0.0377 e. The average Bonchev–Trinajstić information content (AvgIpc) is 2.73. The van der Waals surface area contributed by atoms with Gasteiger partial charge in [-0.1, -0.05) is 22.0 Å². The van der Waals surface area contributed by atoms with Gasteiger partial charge in [0.1, 0.15) is 0 Å². The number of halogens is 1. The van der Waals surface area contributed by atoms with Crippen molar-refractivity contribution in [2.45, 2.75) is 32.2 Å². The van der Waals surface area contributed by atoms with E-state index in [-0.39, 0.29) is 6.04 Å². The van der Waals surface area contributed by atoms with Crippen molar-refractivity contribution >= 4 is 21.6 Å². The van der Waals surface area contributed by atoms with Crippen LogP contribution in [-0.4, -0.2) is 19.1 Å². The van der Waals surface area contributed by atoms with Crippen LogP contribution in [0.4, 0.5) is 5.69 Å². The van der Waals surface area contributed by atoms with Gasteiger partial charge in [0.25, 0.3) is 0 Å². The molecule has 1 aliphatic heterocycles. The molecule has 0 aromatic heterocycles. The van der Waals surface area contributed by atoms with Gasteiger partial charge in [-0.2, -0.15) is 0 Å². The molecule has 1 heterocycles. The number of benzene rings is 1. The molecule has 1 aliphatic rings. The molecule has 2 N–H and O–H groups in total. The van der Waals surface area contributed by atoms with E-state index in [1.807, 2.05) is 6.92 Å². The van der Waals surface area contributed by atoms with E-state index < -0.39 is 0 Å². The Morgan fingerprint density at radius 3 is 2.62 bits per heavy atom. The molecule has 0 spiro atoms. The van der Waals surface area contributed by atoms with Gasteiger partial charge in [0.05, 0.1) is 0 Å². The quantitative estimate of drug-likeness (QED) is 0.924. The highest BCUT2D eigenvalue weighted by molar-refractivity contribution is 9.10. The zero-order chi connectivity index (χ0) is 11.5. The number of nitrogens with two attached hydrogens (primary N) is 1. The van der Waals surface area contributed by atoms with Crippen LogP contribution in [0.15, 0.2) is 22.7 Å². The SMILES string of the molecule is CC(N)Cc1ccc(N2CCCC2)cc1Br. The summed E-state index contributed by atoms with van der Waals surface area (Å²) in [6.45, 7) is 4.43. The maximum absolute atomic E-state index is 5.82. The van der Waals surface area contributed by atoms with Gasteiger partial charge in [0.15, 0.2) is 0 Å². The molecule has 1 fully saturated rings. The molecule has 1 saturated heterocycles. The van der Waals surface area contributed by atoms with Crippen molar-refractivity contribution in [1.82, 2.24) is 0 Å². The number of hydrogen-bond donors (Lipinski definition) is 1. The Morgan fingerprint density at radius 2 is 2.06 bits per heavy atom. The molecule has 16 heavy (non-hydrogen) atoms. The Morgan fingerprint density at radius 1 is 1.38 bits per heavy atom. The molecule has 2 rings (SSSR count). The lowest BCUT2D eigenvalue weighted by molar-refractivity contribution is 0.736. The number of hydrogen-bond acceptors (Lipinski definition) is 2. The molecule has 1 atom stereocenters. The van der Waals surface area contributed by atoms with Gasteiger partial charge in [-0.05, 0) is 43.9 Å². The van der Waals surface area contributed by atoms with Crippen molar-refractivity contribution in [3.05, 3.63) is 28.2 Å². The van der Waals surface area contributed by atoms with E-state index >= 15 is 0 Å². The minimum atomic E-state index is 0.217. The first-order valence-corrected chi connectivity index (χ1v) is 6.75. The van der Waals surface area contributed by atoms with Gasteiger partial charge < -0.3 is 10.6 Å². The normalized spacial score (nSPS) is 17.8. The van der Waals surface area contributed by atoms with Crippen molar-refractivity contribution in [2.75, 3.05) is 18.0 Å². The van der Waals surface area contributed by atoms with E-state index in [0.717, 1.165) is 6.42 Å². The molecule has 0 aliphatic carbocycles. The second-order valence-corrected chi connectivity index (χ2v) is 5.51. The monoisotopic (exact) mass is 282 g/mol. The fourth-order valence-electron chi connectivity index (χ4n) is 2.22. The molecule has 3 heteroatoms. The van der Waals surface area contributed by atoms with E-state index in [0.29, 0.717) is 0 Å². The van der Waals surface area contributed by atoms with Crippen molar-refractivity contribution in [1.29, 1.82) is 0 Å². The molecule has 0 amide bonds. The van der Waals surface area contributed by atoms with Crippen LogP contribution >= 0.6 is 15.9 Å². The third-order valence-electron chi connectivity index (χ3n) is 3.05. The van der Waals surface area contributed by atoms with Crippen LogP contribution in [-0.2, 0) is 6.42 Å². The van der Waals surface area contributed by atoms with Crippen LogP contribution in [0.5, 0.6) is 0 Å². The fourth-order valence-corrected chi connectivity index (χ4v) is 2.75. The second kappa shape index (κ2) is 5.19. The largest absolute Gasteiger partial charge is 0.372 e. The van der Waals surface area contributed by atoms with Crippen LogP contribution in [0.2, 0.25) is 0 Å². The summed E-state index contributed by atoms with van der Waals surface area (Å²) < 4.78 is 1.19. The van der Waals surface area contributed by atoms with Gasteiger partial charge in [-0.25, -0.2) is 0 Å². The molecular weight excluding hydrogens is 264 g/mol. The fraction of sp³-hybridized carbons (Fsp3) is 0.538. The van der Waals surface area contributed by atoms with E-state index in [4.69, 9.17) is 5.73 Å². The summed E-state index contributed by atoms with van der Waals surface area (Å²) in [6.07, 6.45) is 3.57. The predicted molar refractivity (Wildman–Crippen MR) is 72.9 cm³/mol. The standard InChI is InChI=1S/C13H19BrN2/c1-10(15)8-11-4-5-12(9-13(11)14)16-6-2-3-7-16/h4-5,9-10H,2-3,6-8,15H2,1H3. The first-order valence-electron chi connectivity index (χ1n) is 5.96. The lowest BCUT2D eigenvalue weighted by Gasteiger charge is -2.19. The third-order valence-corrected chi connectivity index (χ3v) is 3.79. The summed E-state index contributed by atoms with van der Waals surface area (Å²) >= 11 is 3.64. The maximum Gasteiger partial charge on any atom is 0.0377 e. The van der Waals surface area contributed by atoms with Crippen LogP contribution in [0.3, 0.4) is 0 Å². The van der Waals surface area contributed by atoms with Gasteiger partial charge in [0.2, 0.25) is 0 Å². The Kier molecular flexibility index (Phi) is 3.87. The van der Waals surface area contributed by atoms with Crippen molar-refractivity contribution in [3.8, 4) is 0 Å². The van der Waals surface area contributed by atoms with E-state index in [1.165, 1.54) is 41.7 Å². The minimum Gasteiger partial charge on any atom is -0.372 e. The van der Waals surface area contributed by atoms with Crippen LogP contribution in [0, 0.1) is 0 Å². The highest BCUT2D eigenvalue weighted by atomic mass is 79.9. The summed E-state index contributed by atoms with van der Waals surface area (Å²) in [7, 11) is 0. The number of anilines is 1. The first kappa shape index (κ1) is 11.9. The summed E-state index contributed by atoms with van der Waals surface area (Å²) in [4.78, 5) is 2.44. The second-order valence-electron chi connectivity index (χ2n) is 4.65. The molecular formula is C13H19BrN2. The van der Waals surface area contributed by atoms with Crippen molar-refractivity contribution < 1.29 is 0 Å². The molecule has 1 unspecified atom stereocenters. The van der Waals surface area contributed by atoms with Crippen LogP contribution in [0.1, 0.15) is 25.3 Å². The summed E-state index contributed by atoms with van der Waals surface area (Å²) in [5.74, 6) is 0. The average molecular weight is 283 g/mol. The molecule has 1 aromatic carbocycles. The van der Waals surface area contributed by atoms with Crippen molar-refractivity contribution in [3.63, 3.8) is 0 Å². The molecule has 0 radical (unpaired) electrons. The predicted octanol–water partition coefficient (Wildman–Crippen LogP) is 2.94. The highest BCUT2D eigenvalue weighted by Gasteiger charge is 2.13. The van der Waals surface area contributed by atoms with E-state index in [2.05, 4.69) is 39.0 Å². The Balaban J connectivity index is 2.15. The van der Waals surface area contributed by atoms with E-state index in [1.54, 1.807) is 0 Å². The molecule has 0 saturated carbocycles. The molecule has 88 valence electrons. The van der Waals surface area contributed by atoms with Gasteiger partial charge in [0, 0.05) is 29.3 Å².